The quantitative estimate of drug-likeness (QED) is 0.702. The molecule has 1 amide bonds. The van der Waals surface area contributed by atoms with Crippen LogP contribution in [0, 0.1) is 6.92 Å². The third kappa shape index (κ3) is 4.29. The molecule has 0 bridgehead atoms. The standard InChI is InChI=1S/C23H23NO3/c1-16-9-11-18(12-10-16)22(17-7-5-4-6-8-17)24-23(25)19-13-14-20(26-2)21(15-19)27-3/h4-15,22H,1-3H3,(H,24,25). The first-order chi connectivity index (χ1) is 13.1. The Kier molecular flexibility index (Phi) is 5.77. The number of hydrogen-bond acceptors (Lipinski definition) is 3. The van der Waals surface area contributed by atoms with Crippen molar-refractivity contribution in [1.29, 1.82) is 0 Å². The minimum absolute atomic E-state index is 0.176. The third-order valence-corrected chi connectivity index (χ3v) is 4.46. The van der Waals surface area contributed by atoms with Crippen molar-refractivity contribution in [2.24, 2.45) is 0 Å². The highest BCUT2D eigenvalue weighted by atomic mass is 16.5. The van der Waals surface area contributed by atoms with E-state index in [9.17, 15) is 4.79 Å². The Morgan fingerprint density at radius 1 is 0.815 bits per heavy atom. The van der Waals surface area contributed by atoms with Crippen LogP contribution < -0.4 is 14.8 Å². The predicted octanol–water partition coefficient (Wildman–Crippen LogP) is 4.53. The van der Waals surface area contributed by atoms with Crippen LogP contribution >= 0.6 is 0 Å². The summed E-state index contributed by atoms with van der Waals surface area (Å²) in [6, 6.07) is 23.0. The number of ether oxygens (including phenoxy) is 2. The van der Waals surface area contributed by atoms with Gasteiger partial charge in [-0.3, -0.25) is 4.79 Å². The van der Waals surface area contributed by atoms with Crippen LogP contribution in [-0.4, -0.2) is 20.1 Å². The molecular formula is C23H23NO3. The Morgan fingerprint density at radius 2 is 1.44 bits per heavy atom. The van der Waals surface area contributed by atoms with Gasteiger partial charge in [0.15, 0.2) is 11.5 Å². The highest BCUT2D eigenvalue weighted by Gasteiger charge is 2.19. The molecule has 0 fully saturated rings. The summed E-state index contributed by atoms with van der Waals surface area (Å²) in [4.78, 5) is 12.9. The van der Waals surface area contributed by atoms with Crippen molar-refractivity contribution in [2.45, 2.75) is 13.0 Å². The summed E-state index contributed by atoms with van der Waals surface area (Å²) in [5, 5.41) is 3.14. The van der Waals surface area contributed by atoms with Gasteiger partial charge in [-0.05, 0) is 36.2 Å². The van der Waals surface area contributed by atoms with E-state index < -0.39 is 0 Å². The first kappa shape index (κ1) is 18.5. The minimum Gasteiger partial charge on any atom is -0.493 e. The van der Waals surface area contributed by atoms with E-state index >= 15 is 0 Å². The lowest BCUT2D eigenvalue weighted by Crippen LogP contribution is -2.29. The van der Waals surface area contributed by atoms with Gasteiger partial charge in [0, 0.05) is 5.56 Å². The van der Waals surface area contributed by atoms with Gasteiger partial charge in [0.05, 0.1) is 20.3 Å². The number of hydrogen-bond donors (Lipinski definition) is 1. The van der Waals surface area contributed by atoms with Gasteiger partial charge in [-0.1, -0.05) is 60.2 Å². The normalized spacial score (nSPS) is 11.5. The summed E-state index contributed by atoms with van der Waals surface area (Å²) < 4.78 is 10.6. The van der Waals surface area contributed by atoms with E-state index in [4.69, 9.17) is 9.47 Å². The molecule has 3 rings (SSSR count). The second kappa shape index (κ2) is 8.41. The van der Waals surface area contributed by atoms with Crippen LogP contribution in [0.15, 0.2) is 72.8 Å². The molecule has 0 aromatic heterocycles. The zero-order valence-electron chi connectivity index (χ0n) is 15.7. The van der Waals surface area contributed by atoms with E-state index in [1.807, 2.05) is 61.5 Å². The first-order valence-electron chi connectivity index (χ1n) is 8.76. The van der Waals surface area contributed by atoms with Gasteiger partial charge in [-0.2, -0.15) is 0 Å². The molecule has 0 heterocycles. The molecule has 0 aliphatic heterocycles. The van der Waals surface area contributed by atoms with Crippen LogP contribution in [0.5, 0.6) is 11.5 Å². The van der Waals surface area contributed by atoms with Crippen LogP contribution in [0.2, 0.25) is 0 Å². The highest BCUT2D eigenvalue weighted by Crippen LogP contribution is 2.28. The van der Waals surface area contributed by atoms with Crippen LogP contribution in [0.4, 0.5) is 0 Å². The molecule has 3 aromatic rings. The van der Waals surface area contributed by atoms with Crippen molar-refractivity contribution in [3.05, 3.63) is 95.1 Å². The van der Waals surface area contributed by atoms with Crippen LogP contribution in [-0.2, 0) is 0 Å². The smallest absolute Gasteiger partial charge is 0.252 e. The molecule has 27 heavy (non-hydrogen) atoms. The molecule has 0 saturated carbocycles. The van der Waals surface area contributed by atoms with Crippen molar-refractivity contribution in [2.75, 3.05) is 14.2 Å². The maximum Gasteiger partial charge on any atom is 0.252 e. The molecule has 0 spiro atoms. The zero-order valence-corrected chi connectivity index (χ0v) is 15.7. The van der Waals surface area contributed by atoms with Crippen LogP contribution in [0.25, 0.3) is 0 Å². The highest BCUT2D eigenvalue weighted by molar-refractivity contribution is 5.95. The molecule has 0 radical (unpaired) electrons. The van der Waals surface area contributed by atoms with Crippen molar-refractivity contribution in [3.8, 4) is 11.5 Å². The fourth-order valence-corrected chi connectivity index (χ4v) is 2.96. The van der Waals surface area contributed by atoms with Crippen molar-refractivity contribution >= 4 is 5.91 Å². The molecule has 3 aromatic carbocycles. The maximum atomic E-state index is 12.9. The molecule has 4 heteroatoms. The summed E-state index contributed by atoms with van der Waals surface area (Å²) >= 11 is 0. The summed E-state index contributed by atoms with van der Waals surface area (Å²) in [6.07, 6.45) is 0. The summed E-state index contributed by atoms with van der Waals surface area (Å²) in [7, 11) is 3.12. The minimum atomic E-state index is -0.243. The van der Waals surface area contributed by atoms with Gasteiger partial charge in [0.2, 0.25) is 0 Å². The number of amides is 1. The molecule has 0 aliphatic carbocycles. The number of aryl methyl sites for hydroxylation is 1. The average Bonchev–Trinajstić information content (AvgIpc) is 2.72. The third-order valence-electron chi connectivity index (χ3n) is 4.46. The topological polar surface area (TPSA) is 47.6 Å². The maximum absolute atomic E-state index is 12.9. The van der Waals surface area contributed by atoms with E-state index in [1.54, 1.807) is 32.4 Å². The van der Waals surface area contributed by atoms with E-state index in [1.165, 1.54) is 5.56 Å². The summed E-state index contributed by atoms with van der Waals surface area (Å²) in [6.45, 7) is 2.05. The monoisotopic (exact) mass is 361 g/mol. The lowest BCUT2D eigenvalue weighted by Gasteiger charge is -2.20. The Morgan fingerprint density at radius 3 is 2.07 bits per heavy atom. The van der Waals surface area contributed by atoms with E-state index in [-0.39, 0.29) is 11.9 Å². The first-order valence-corrected chi connectivity index (χ1v) is 8.76. The van der Waals surface area contributed by atoms with Crippen molar-refractivity contribution < 1.29 is 14.3 Å². The SMILES string of the molecule is COc1ccc(C(=O)NC(c2ccccc2)c2ccc(C)cc2)cc1OC. The Hall–Kier alpha value is -3.27. The van der Waals surface area contributed by atoms with Gasteiger partial charge in [-0.25, -0.2) is 0 Å². The fraction of sp³-hybridized carbons (Fsp3) is 0.174. The average molecular weight is 361 g/mol. The van der Waals surface area contributed by atoms with Crippen molar-refractivity contribution in [1.82, 2.24) is 5.32 Å². The number of methoxy groups -OCH3 is 2. The number of carbonyl (C=O) groups excluding carboxylic acids is 1. The molecule has 0 aliphatic rings. The van der Waals surface area contributed by atoms with Gasteiger partial charge < -0.3 is 14.8 Å². The van der Waals surface area contributed by atoms with Crippen LogP contribution in [0.1, 0.15) is 33.1 Å². The van der Waals surface area contributed by atoms with Crippen LogP contribution in [0.3, 0.4) is 0 Å². The van der Waals surface area contributed by atoms with Crippen molar-refractivity contribution in [3.63, 3.8) is 0 Å². The number of rotatable bonds is 6. The Labute approximate surface area is 159 Å². The van der Waals surface area contributed by atoms with E-state index in [0.717, 1.165) is 11.1 Å². The van der Waals surface area contributed by atoms with E-state index in [2.05, 4.69) is 5.32 Å². The summed E-state index contributed by atoms with van der Waals surface area (Å²) in [5.41, 5.74) is 3.74. The lowest BCUT2D eigenvalue weighted by atomic mass is 9.97. The Balaban J connectivity index is 1.92. The molecular weight excluding hydrogens is 338 g/mol. The molecule has 4 nitrogen and oxygen atoms in total. The molecule has 0 saturated heterocycles. The van der Waals surface area contributed by atoms with Gasteiger partial charge >= 0.3 is 0 Å². The Bertz CT molecular complexity index is 905. The zero-order chi connectivity index (χ0) is 19.2. The molecule has 1 N–H and O–H groups in total. The second-order valence-electron chi connectivity index (χ2n) is 6.30. The number of carbonyl (C=O) groups is 1. The van der Waals surface area contributed by atoms with Gasteiger partial charge in [-0.15, -0.1) is 0 Å². The van der Waals surface area contributed by atoms with Gasteiger partial charge in [0.1, 0.15) is 0 Å². The van der Waals surface area contributed by atoms with Gasteiger partial charge in [0.25, 0.3) is 5.91 Å². The van der Waals surface area contributed by atoms with E-state index in [0.29, 0.717) is 17.1 Å². The molecule has 1 atom stereocenters. The molecule has 1 unspecified atom stereocenters. The largest absolute Gasteiger partial charge is 0.493 e. The predicted molar refractivity (Wildman–Crippen MR) is 106 cm³/mol. The number of benzene rings is 3. The second-order valence-corrected chi connectivity index (χ2v) is 6.30. The fourth-order valence-electron chi connectivity index (χ4n) is 2.96. The molecule has 138 valence electrons. The lowest BCUT2D eigenvalue weighted by molar-refractivity contribution is 0.0942. The number of nitrogens with one attached hydrogen (secondary N) is 1. The summed E-state index contributed by atoms with van der Waals surface area (Å²) in [5.74, 6) is 0.939.